The van der Waals surface area contributed by atoms with Gasteiger partial charge >= 0.3 is 0 Å². The number of carbonyl (C=O) groups excluding carboxylic acids is 1. The number of aliphatic hydroxyl groups is 1. The topological polar surface area (TPSA) is 83.6 Å². The van der Waals surface area contributed by atoms with Crippen molar-refractivity contribution in [2.24, 2.45) is 0 Å². The van der Waals surface area contributed by atoms with Crippen LogP contribution in [0.3, 0.4) is 0 Å². The van der Waals surface area contributed by atoms with Gasteiger partial charge in [-0.1, -0.05) is 17.7 Å². The third-order valence-corrected chi connectivity index (χ3v) is 6.49. The predicted molar refractivity (Wildman–Crippen MR) is 138 cm³/mol. The number of ether oxygens (including phenoxy) is 2. The fraction of sp³-hybridized carbons (Fsp3) is 0.192. The zero-order valence-corrected chi connectivity index (χ0v) is 21.0. The van der Waals surface area contributed by atoms with Gasteiger partial charge in [0, 0.05) is 56.0 Å². The van der Waals surface area contributed by atoms with Gasteiger partial charge in [-0.2, -0.15) is 0 Å². The molecule has 0 saturated carbocycles. The lowest BCUT2D eigenvalue weighted by Gasteiger charge is -2.23. The number of thioether (sulfide) groups is 1. The van der Waals surface area contributed by atoms with Crippen LogP contribution in [0.4, 0.5) is 14.5 Å². The van der Waals surface area contributed by atoms with Gasteiger partial charge in [-0.3, -0.25) is 4.79 Å². The summed E-state index contributed by atoms with van der Waals surface area (Å²) >= 11 is 7.69. The molecule has 1 unspecified atom stereocenters. The minimum atomic E-state index is -1.06. The smallest absolute Gasteiger partial charge is 0.191 e. The number of halogens is 3. The van der Waals surface area contributed by atoms with Gasteiger partial charge in [-0.05, 0) is 36.6 Å². The fourth-order valence-electron chi connectivity index (χ4n) is 3.85. The van der Waals surface area contributed by atoms with Crippen molar-refractivity contribution in [2.45, 2.75) is 10.9 Å². The number of hydrogen-bond acceptors (Lipinski definition) is 6. The van der Waals surface area contributed by atoms with E-state index >= 15 is 0 Å². The van der Waals surface area contributed by atoms with Gasteiger partial charge in [0.25, 0.3) is 0 Å². The van der Waals surface area contributed by atoms with E-state index in [9.17, 15) is 18.7 Å². The van der Waals surface area contributed by atoms with Gasteiger partial charge in [0.05, 0.1) is 13.7 Å². The number of ketones is 1. The lowest BCUT2D eigenvalue weighted by molar-refractivity contribution is 0.0969. The number of rotatable bonds is 10. The average molecular weight is 533 g/mol. The maximum absolute atomic E-state index is 14.1. The number of aromatic amines is 1. The Morgan fingerprint density at radius 1 is 1.17 bits per heavy atom. The quantitative estimate of drug-likeness (QED) is 0.166. The Bertz CT molecular complexity index is 1390. The Balaban J connectivity index is 1.85. The molecule has 0 spiro atoms. The largest absolute Gasteiger partial charge is 0.497 e. The zero-order chi connectivity index (χ0) is 25.8. The van der Waals surface area contributed by atoms with E-state index in [0.717, 1.165) is 17.0 Å². The summed E-state index contributed by atoms with van der Waals surface area (Å²) in [6.45, 7) is -0.250. The van der Waals surface area contributed by atoms with Crippen LogP contribution in [0.15, 0.2) is 59.6 Å². The Labute approximate surface area is 215 Å². The molecule has 36 heavy (non-hydrogen) atoms. The summed E-state index contributed by atoms with van der Waals surface area (Å²) in [4.78, 5) is 17.7. The molecule has 188 valence electrons. The first-order valence-corrected chi connectivity index (χ1v) is 12.5. The number of fused-ring (bicyclic) bond motifs is 1. The molecule has 4 rings (SSSR count). The minimum absolute atomic E-state index is 0.0123. The predicted octanol–water partition coefficient (Wildman–Crippen LogP) is 6.24. The van der Waals surface area contributed by atoms with Crippen molar-refractivity contribution < 1.29 is 28.2 Å². The van der Waals surface area contributed by atoms with E-state index in [4.69, 9.17) is 21.1 Å². The molecule has 0 aliphatic rings. The molecule has 4 aromatic rings. The number of hydrogen-bond donors (Lipinski definition) is 3. The second-order valence-electron chi connectivity index (χ2n) is 7.81. The summed E-state index contributed by atoms with van der Waals surface area (Å²) in [7, 11) is 1.55. The second kappa shape index (κ2) is 11.2. The van der Waals surface area contributed by atoms with Crippen molar-refractivity contribution in [3.63, 3.8) is 0 Å². The van der Waals surface area contributed by atoms with Crippen molar-refractivity contribution >= 4 is 45.7 Å². The molecule has 10 heteroatoms. The monoisotopic (exact) mass is 532 g/mol. The third-order valence-electron chi connectivity index (χ3n) is 5.55. The second-order valence-corrected chi connectivity index (χ2v) is 9.13. The van der Waals surface area contributed by atoms with Crippen LogP contribution >= 0.6 is 23.4 Å². The Kier molecular flexibility index (Phi) is 8.03. The van der Waals surface area contributed by atoms with Crippen LogP contribution in [-0.2, 0) is 0 Å². The number of methoxy groups -OCH3 is 1. The third kappa shape index (κ3) is 5.43. The van der Waals surface area contributed by atoms with E-state index in [1.807, 2.05) is 18.4 Å². The highest BCUT2D eigenvalue weighted by molar-refractivity contribution is 7.98. The maximum Gasteiger partial charge on any atom is 0.191 e. The molecule has 3 N–H and O–H groups in total. The van der Waals surface area contributed by atoms with Crippen LogP contribution in [0.5, 0.6) is 11.5 Å². The summed E-state index contributed by atoms with van der Waals surface area (Å²) < 4.78 is 38.9. The van der Waals surface area contributed by atoms with E-state index in [2.05, 4.69) is 10.3 Å². The van der Waals surface area contributed by atoms with Crippen LogP contribution in [0.2, 0.25) is 5.02 Å². The average Bonchev–Trinajstić information content (AvgIpc) is 3.28. The molecule has 0 saturated heterocycles. The number of aromatic nitrogens is 1. The number of nitrogens with one attached hydrogen (secondary N) is 2. The SMILES string of the molecule is COc1cc(NC(C(=O)c2c[nH]c3cc(F)c(F)cc23)c2ccc(Cl)cc2OCCO)cc(SC)c1. The molecule has 3 aromatic carbocycles. The molecule has 0 fully saturated rings. The van der Waals surface area contributed by atoms with Crippen molar-refractivity contribution in [2.75, 3.05) is 31.9 Å². The van der Waals surface area contributed by atoms with E-state index in [0.29, 0.717) is 27.8 Å². The number of aliphatic hydroxyl groups excluding tert-OH is 1. The van der Waals surface area contributed by atoms with Gasteiger partial charge in [0.1, 0.15) is 24.1 Å². The molecule has 0 radical (unpaired) electrons. The molecule has 1 heterocycles. The fourth-order valence-corrected chi connectivity index (χ4v) is 4.49. The summed E-state index contributed by atoms with van der Waals surface area (Å²) in [5, 5.41) is 13.2. The number of H-pyrrole nitrogens is 1. The summed E-state index contributed by atoms with van der Waals surface area (Å²) in [5.41, 5.74) is 1.49. The van der Waals surface area contributed by atoms with Crippen LogP contribution < -0.4 is 14.8 Å². The Morgan fingerprint density at radius 2 is 1.94 bits per heavy atom. The molecule has 0 aliphatic heterocycles. The van der Waals surface area contributed by atoms with Gasteiger partial charge in [0.15, 0.2) is 17.4 Å². The van der Waals surface area contributed by atoms with Crippen LogP contribution in [-0.4, -0.2) is 42.5 Å². The van der Waals surface area contributed by atoms with Crippen molar-refractivity contribution in [1.82, 2.24) is 4.98 Å². The van der Waals surface area contributed by atoms with Crippen LogP contribution in [0.1, 0.15) is 22.0 Å². The van der Waals surface area contributed by atoms with Crippen LogP contribution in [0.25, 0.3) is 10.9 Å². The zero-order valence-electron chi connectivity index (χ0n) is 19.4. The number of anilines is 1. The highest BCUT2D eigenvalue weighted by Crippen LogP contribution is 2.36. The van der Waals surface area contributed by atoms with E-state index in [1.54, 1.807) is 31.4 Å². The van der Waals surface area contributed by atoms with Gasteiger partial charge in [-0.25, -0.2) is 8.78 Å². The molecule has 6 nitrogen and oxygen atoms in total. The molecule has 1 aromatic heterocycles. The first kappa shape index (κ1) is 25.8. The minimum Gasteiger partial charge on any atom is -0.497 e. The summed E-state index contributed by atoms with van der Waals surface area (Å²) in [6, 6.07) is 11.3. The molecule has 1 atom stereocenters. The van der Waals surface area contributed by atoms with Crippen molar-refractivity contribution in [1.29, 1.82) is 0 Å². The van der Waals surface area contributed by atoms with Gasteiger partial charge in [-0.15, -0.1) is 11.8 Å². The van der Waals surface area contributed by atoms with E-state index in [1.165, 1.54) is 18.0 Å². The number of carbonyl (C=O) groups is 1. The number of benzene rings is 3. The highest BCUT2D eigenvalue weighted by atomic mass is 35.5. The number of Topliss-reactive ketones (excluding diaryl/α,β-unsaturated/α-hetero) is 1. The lowest BCUT2D eigenvalue weighted by atomic mass is 9.95. The summed E-state index contributed by atoms with van der Waals surface area (Å²) in [5.74, 6) is -1.61. The van der Waals surface area contributed by atoms with Gasteiger partial charge < -0.3 is 24.9 Å². The molecule has 0 bridgehead atoms. The normalized spacial score (nSPS) is 11.9. The standard InChI is InChI=1S/C26H23ClF2N2O4S/c1-34-16-8-15(9-17(10-16)36-2)31-25(18-4-3-14(27)7-24(18)35-6-5-32)26(33)20-13-30-23-12-22(29)21(28)11-19(20)23/h3-4,7-13,25,30-32H,5-6H2,1-2H3. The Hall–Kier alpha value is -3.27. The first-order chi connectivity index (χ1) is 17.3. The highest BCUT2D eigenvalue weighted by Gasteiger charge is 2.28. The van der Waals surface area contributed by atoms with E-state index < -0.39 is 23.5 Å². The van der Waals surface area contributed by atoms with Crippen molar-refractivity contribution in [3.05, 3.63) is 82.5 Å². The molecular formula is C26H23ClF2N2O4S. The Morgan fingerprint density at radius 3 is 2.67 bits per heavy atom. The lowest BCUT2D eigenvalue weighted by Crippen LogP contribution is -2.22. The summed E-state index contributed by atoms with van der Waals surface area (Å²) in [6.07, 6.45) is 3.34. The van der Waals surface area contributed by atoms with Crippen molar-refractivity contribution in [3.8, 4) is 11.5 Å². The first-order valence-electron chi connectivity index (χ1n) is 10.9. The molecule has 0 aliphatic carbocycles. The van der Waals surface area contributed by atoms with Gasteiger partial charge in [0.2, 0.25) is 0 Å². The maximum atomic E-state index is 14.1. The molecular weight excluding hydrogens is 510 g/mol. The van der Waals surface area contributed by atoms with E-state index in [-0.39, 0.29) is 29.7 Å². The van der Waals surface area contributed by atoms with Crippen LogP contribution in [0, 0.1) is 11.6 Å². The molecule has 0 amide bonds.